The van der Waals surface area contributed by atoms with Gasteiger partial charge in [-0.1, -0.05) is 24.3 Å². The number of rotatable bonds is 9. The number of aliphatic imine (C=N–C) groups is 1. The molecular formula is C22H35N5S. The zero-order valence-corrected chi connectivity index (χ0v) is 19.0. The highest BCUT2D eigenvalue weighted by atomic mass is 32.1. The van der Waals surface area contributed by atoms with Crippen LogP contribution in [-0.2, 0) is 19.5 Å². The summed E-state index contributed by atoms with van der Waals surface area (Å²) < 4.78 is 0. The Morgan fingerprint density at radius 1 is 1.18 bits per heavy atom. The molecule has 0 aliphatic rings. The van der Waals surface area contributed by atoms with E-state index in [4.69, 9.17) is 4.99 Å². The van der Waals surface area contributed by atoms with E-state index in [0.29, 0.717) is 12.6 Å². The van der Waals surface area contributed by atoms with Crippen molar-refractivity contribution in [3.63, 3.8) is 0 Å². The molecule has 0 aliphatic carbocycles. The second-order valence-corrected chi connectivity index (χ2v) is 8.69. The Morgan fingerprint density at radius 2 is 1.89 bits per heavy atom. The molecule has 0 bridgehead atoms. The zero-order valence-electron chi connectivity index (χ0n) is 18.2. The van der Waals surface area contributed by atoms with Gasteiger partial charge in [-0.2, -0.15) is 0 Å². The molecule has 0 aliphatic heterocycles. The molecule has 1 aromatic heterocycles. The van der Waals surface area contributed by atoms with Crippen molar-refractivity contribution in [1.29, 1.82) is 0 Å². The van der Waals surface area contributed by atoms with Gasteiger partial charge in [-0.15, -0.1) is 11.3 Å². The van der Waals surface area contributed by atoms with E-state index in [-0.39, 0.29) is 0 Å². The van der Waals surface area contributed by atoms with Gasteiger partial charge in [0.05, 0.1) is 17.2 Å². The molecule has 2 rings (SSSR count). The molecule has 1 aromatic carbocycles. The summed E-state index contributed by atoms with van der Waals surface area (Å²) in [5, 5.41) is 7.97. The number of aromatic nitrogens is 1. The van der Waals surface area contributed by atoms with Crippen LogP contribution < -0.4 is 10.6 Å². The molecule has 0 saturated heterocycles. The lowest BCUT2D eigenvalue weighted by atomic mass is 10.1. The van der Waals surface area contributed by atoms with Crippen LogP contribution in [-0.4, -0.2) is 42.0 Å². The van der Waals surface area contributed by atoms with Gasteiger partial charge in [0.2, 0.25) is 0 Å². The van der Waals surface area contributed by atoms with Gasteiger partial charge in [-0.25, -0.2) is 9.98 Å². The van der Waals surface area contributed by atoms with Gasteiger partial charge in [0.1, 0.15) is 0 Å². The number of thiazole rings is 1. The van der Waals surface area contributed by atoms with Crippen LogP contribution in [0.5, 0.6) is 0 Å². The van der Waals surface area contributed by atoms with Crippen LogP contribution in [0.3, 0.4) is 0 Å². The van der Waals surface area contributed by atoms with E-state index in [1.165, 1.54) is 21.0 Å². The molecule has 0 fully saturated rings. The van der Waals surface area contributed by atoms with Crippen molar-refractivity contribution in [2.75, 3.05) is 20.1 Å². The average Bonchev–Trinajstić information content (AvgIpc) is 2.98. The lowest BCUT2D eigenvalue weighted by Crippen LogP contribution is -2.38. The Labute approximate surface area is 174 Å². The van der Waals surface area contributed by atoms with Crippen LogP contribution in [0.15, 0.2) is 29.3 Å². The number of nitrogens with one attached hydrogen (secondary N) is 2. The summed E-state index contributed by atoms with van der Waals surface area (Å²) in [6.07, 6.45) is 0.916. The van der Waals surface area contributed by atoms with Gasteiger partial charge in [0.15, 0.2) is 5.96 Å². The smallest absolute Gasteiger partial charge is 0.191 e. The highest BCUT2D eigenvalue weighted by molar-refractivity contribution is 7.11. The Bertz CT molecular complexity index is 747. The molecule has 1 heterocycles. The van der Waals surface area contributed by atoms with E-state index in [9.17, 15) is 0 Å². The van der Waals surface area contributed by atoms with Crippen molar-refractivity contribution < 1.29 is 0 Å². The maximum Gasteiger partial charge on any atom is 0.191 e. The molecule has 0 saturated carbocycles. The van der Waals surface area contributed by atoms with Crippen molar-refractivity contribution in [2.24, 2.45) is 4.99 Å². The lowest BCUT2D eigenvalue weighted by Gasteiger charge is -2.22. The van der Waals surface area contributed by atoms with Gasteiger partial charge in [0, 0.05) is 37.0 Å². The Morgan fingerprint density at radius 3 is 2.50 bits per heavy atom. The summed E-state index contributed by atoms with van der Waals surface area (Å²) in [6.45, 7) is 14.0. The van der Waals surface area contributed by atoms with Crippen molar-refractivity contribution in [2.45, 2.75) is 60.2 Å². The quantitative estimate of drug-likeness (QED) is 0.494. The predicted octanol–water partition coefficient (Wildman–Crippen LogP) is 3.90. The number of aryl methyl sites for hydroxylation is 2. The topological polar surface area (TPSA) is 52.6 Å². The first-order valence-corrected chi connectivity index (χ1v) is 10.9. The van der Waals surface area contributed by atoms with E-state index < -0.39 is 0 Å². The minimum Gasteiger partial charge on any atom is -0.357 e. The number of nitrogens with zero attached hydrogens (tertiary/aromatic N) is 3. The number of guanidine groups is 1. The van der Waals surface area contributed by atoms with Crippen LogP contribution >= 0.6 is 11.3 Å². The molecule has 2 N–H and O–H groups in total. The van der Waals surface area contributed by atoms with Gasteiger partial charge >= 0.3 is 0 Å². The fourth-order valence-electron chi connectivity index (χ4n) is 2.76. The van der Waals surface area contributed by atoms with E-state index in [1.54, 1.807) is 11.3 Å². The molecule has 0 atom stereocenters. The third kappa shape index (κ3) is 6.91. The normalized spacial score (nSPS) is 12.1. The summed E-state index contributed by atoms with van der Waals surface area (Å²) in [5.41, 5.74) is 3.76. The van der Waals surface area contributed by atoms with E-state index in [2.05, 4.69) is 86.4 Å². The number of hydrogen-bond donors (Lipinski definition) is 2. The molecule has 0 unspecified atom stereocenters. The fraction of sp³-hybridized carbons (Fsp3) is 0.545. The van der Waals surface area contributed by atoms with Gasteiger partial charge < -0.3 is 10.6 Å². The van der Waals surface area contributed by atoms with Crippen molar-refractivity contribution in [3.05, 3.63) is 51.0 Å². The minimum absolute atomic E-state index is 0.522. The Balaban J connectivity index is 1.98. The molecule has 0 radical (unpaired) electrons. The summed E-state index contributed by atoms with van der Waals surface area (Å²) in [4.78, 5) is 13.1. The van der Waals surface area contributed by atoms with Crippen LogP contribution in [0.25, 0.3) is 0 Å². The molecule has 154 valence electrons. The zero-order chi connectivity index (χ0) is 20.5. The SMILES string of the molecule is CCNC(=NCc1ccccc1CN(C)C(C)C)NCCc1nc(C)c(C)s1. The van der Waals surface area contributed by atoms with E-state index >= 15 is 0 Å². The lowest BCUT2D eigenvalue weighted by molar-refractivity contribution is 0.265. The predicted molar refractivity (Wildman–Crippen MR) is 121 cm³/mol. The van der Waals surface area contributed by atoms with Crippen LogP contribution in [0.2, 0.25) is 0 Å². The minimum atomic E-state index is 0.522. The maximum atomic E-state index is 4.81. The standard InChI is InChI=1S/C22H35N5S/c1-7-23-22(24-13-12-21-26-17(4)18(5)28-21)25-14-19-10-8-9-11-20(19)15-27(6)16(2)3/h8-11,16H,7,12-15H2,1-6H3,(H2,23,24,25). The van der Waals surface area contributed by atoms with Crippen molar-refractivity contribution in [1.82, 2.24) is 20.5 Å². The highest BCUT2D eigenvalue weighted by Crippen LogP contribution is 2.16. The number of hydrogen-bond acceptors (Lipinski definition) is 4. The first-order chi connectivity index (χ1) is 13.4. The van der Waals surface area contributed by atoms with Crippen LogP contribution in [0, 0.1) is 13.8 Å². The van der Waals surface area contributed by atoms with Crippen molar-refractivity contribution >= 4 is 17.3 Å². The van der Waals surface area contributed by atoms with E-state index in [0.717, 1.165) is 37.7 Å². The third-order valence-corrected chi connectivity index (χ3v) is 6.01. The first-order valence-electron chi connectivity index (χ1n) is 10.1. The summed E-state index contributed by atoms with van der Waals surface area (Å²) >= 11 is 1.78. The summed E-state index contributed by atoms with van der Waals surface area (Å²) in [6, 6.07) is 9.11. The Hall–Kier alpha value is -1.92. The third-order valence-electron chi connectivity index (χ3n) is 4.88. The highest BCUT2D eigenvalue weighted by Gasteiger charge is 2.08. The number of benzene rings is 1. The van der Waals surface area contributed by atoms with Gasteiger partial charge in [-0.05, 0) is 52.8 Å². The molecule has 6 heteroatoms. The summed E-state index contributed by atoms with van der Waals surface area (Å²) in [7, 11) is 2.17. The van der Waals surface area contributed by atoms with E-state index in [1.807, 2.05) is 0 Å². The second kappa shape index (κ2) is 11.2. The second-order valence-electron chi connectivity index (χ2n) is 7.40. The van der Waals surface area contributed by atoms with Crippen molar-refractivity contribution in [3.8, 4) is 0 Å². The molecule has 0 amide bonds. The molecule has 5 nitrogen and oxygen atoms in total. The van der Waals surface area contributed by atoms with Gasteiger partial charge in [0.25, 0.3) is 0 Å². The average molecular weight is 402 g/mol. The molecule has 28 heavy (non-hydrogen) atoms. The molecule has 0 spiro atoms. The first kappa shape index (κ1) is 22.4. The van der Waals surface area contributed by atoms with Crippen LogP contribution in [0.1, 0.15) is 47.5 Å². The largest absolute Gasteiger partial charge is 0.357 e. The maximum absolute atomic E-state index is 4.81. The van der Waals surface area contributed by atoms with Gasteiger partial charge in [-0.3, -0.25) is 4.90 Å². The van der Waals surface area contributed by atoms with Crippen LogP contribution in [0.4, 0.5) is 0 Å². The monoisotopic (exact) mass is 401 g/mol. The fourth-order valence-corrected chi connectivity index (χ4v) is 3.69. The molecular weight excluding hydrogens is 366 g/mol. The Kier molecular flexibility index (Phi) is 8.93. The summed E-state index contributed by atoms with van der Waals surface area (Å²) in [5.74, 6) is 0.861. The molecule has 2 aromatic rings.